The van der Waals surface area contributed by atoms with Gasteiger partial charge in [-0.25, -0.2) is 0 Å². The van der Waals surface area contributed by atoms with Crippen LogP contribution in [0.15, 0.2) is 0 Å². The first-order valence-electron chi connectivity index (χ1n) is 2.01. The molecule has 3 nitrogen and oxygen atoms in total. The molecule has 0 aromatic carbocycles. The van der Waals surface area contributed by atoms with E-state index >= 15 is 0 Å². The van der Waals surface area contributed by atoms with Gasteiger partial charge in [0, 0.05) is 0 Å². The average Bonchev–Trinajstić information content (AvgIpc) is 1.30. The van der Waals surface area contributed by atoms with Crippen LogP contribution in [0.1, 0.15) is 13.3 Å². The Labute approximate surface area is 68.0 Å². The summed E-state index contributed by atoms with van der Waals surface area (Å²) in [4.78, 5) is 0. The monoisotopic (exact) mass is 242 g/mol. The van der Waals surface area contributed by atoms with Gasteiger partial charge in [0.2, 0.25) is 0 Å². The molecule has 0 aromatic heterocycles. The molecule has 0 aliphatic heterocycles. The summed E-state index contributed by atoms with van der Waals surface area (Å²) >= 11 is 0. The van der Waals surface area contributed by atoms with Crippen molar-refractivity contribution in [3.63, 3.8) is 0 Å². The third-order valence-electron chi connectivity index (χ3n) is 0.462. The molecular weight excluding hydrogens is 231 g/mol. The van der Waals surface area contributed by atoms with E-state index < -0.39 is 10.1 Å². The summed E-state index contributed by atoms with van der Waals surface area (Å²) < 4.78 is 27.6. The van der Waals surface area contributed by atoms with Crippen LogP contribution in [0, 0.1) is 0 Å². The zero-order valence-corrected chi connectivity index (χ0v) is 4.90. The van der Waals surface area contributed by atoms with Crippen molar-refractivity contribution in [2.45, 2.75) is 13.3 Å². The zero-order valence-electron chi connectivity index (χ0n) is 4.09. The molecule has 0 spiro atoms. The van der Waals surface area contributed by atoms with E-state index in [1.807, 2.05) is 0 Å². The van der Waals surface area contributed by atoms with Gasteiger partial charge in [0.1, 0.15) is 0 Å². The minimum atomic E-state index is -3.67. The molecule has 0 rings (SSSR count). The maximum absolute atomic E-state index is 9.79. The summed E-state index contributed by atoms with van der Waals surface area (Å²) in [6, 6.07) is 0. The summed E-state index contributed by atoms with van der Waals surface area (Å²) in [5.74, 6) is -0.132. The minimum absolute atomic E-state index is 0. The zero-order chi connectivity index (χ0) is 5.91. The van der Waals surface area contributed by atoms with Gasteiger partial charge in [0.25, 0.3) is 10.1 Å². The van der Waals surface area contributed by atoms with Crippen molar-refractivity contribution in [1.82, 2.24) is 0 Å². The van der Waals surface area contributed by atoms with Crippen LogP contribution >= 0.6 is 0 Å². The molecule has 0 aromatic rings. The topological polar surface area (TPSA) is 54.4 Å². The van der Waals surface area contributed by atoms with E-state index in [9.17, 15) is 8.42 Å². The van der Waals surface area contributed by atoms with Crippen LogP contribution in [0.25, 0.3) is 0 Å². The predicted octanol–water partition coefficient (Wildman–Crippen LogP) is -0.900. The molecule has 0 saturated carbocycles. The second kappa shape index (κ2) is 4.64. The molecule has 0 aliphatic carbocycles. The van der Waals surface area contributed by atoms with Crippen molar-refractivity contribution in [2.24, 2.45) is 0 Å². The summed E-state index contributed by atoms with van der Waals surface area (Å²) in [6.45, 7) is 1.69. The standard InChI is InChI=1S/C3H8O3S.In.3H/c1-2-3-7(4,5)6;;;;/h2-3H2,1H3,(H,4,5,6);;;;. The summed E-state index contributed by atoms with van der Waals surface area (Å²) in [7, 11) is -3.67. The molecule has 0 saturated heterocycles. The molecule has 8 heavy (non-hydrogen) atoms. The van der Waals surface area contributed by atoms with Crippen LogP contribution in [0.5, 0.6) is 0 Å². The molecule has 1 N–H and O–H groups in total. The fraction of sp³-hybridized carbons (Fsp3) is 1.00. The van der Waals surface area contributed by atoms with E-state index in [1.165, 1.54) is 0 Å². The van der Waals surface area contributed by atoms with E-state index in [0.29, 0.717) is 6.42 Å². The Morgan fingerprint density at radius 3 is 1.88 bits per heavy atom. The van der Waals surface area contributed by atoms with Crippen LogP contribution in [-0.4, -0.2) is 44.6 Å². The quantitative estimate of drug-likeness (QED) is 0.638. The van der Waals surface area contributed by atoms with Gasteiger partial charge in [-0.05, 0) is 6.42 Å². The first kappa shape index (κ1) is 11.6. The average molecular weight is 242 g/mol. The van der Waals surface area contributed by atoms with Crippen LogP contribution in [0.2, 0.25) is 0 Å². The number of rotatable bonds is 2. The van der Waals surface area contributed by atoms with E-state index in [-0.39, 0.29) is 31.6 Å². The van der Waals surface area contributed by atoms with E-state index in [0.717, 1.165) is 0 Å². The normalized spacial score (nSPS) is 10.2. The van der Waals surface area contributed by atoms with Crippen molar-refractivity contribution in [3.8, 4) is 0 Å². The van der Waals surface area contributed by atoms with E-state index in [1.54, 1.807) is 6.92 Å². The van der Waals surface area contributed by atoms with Crippen LogP contribution in [0.4, 0.5) is 0 Å². The van der Waals surface area contributed by atoms with Crippen molar-refractivity contribution in [3.05, 3.63) is 0 Å². The second-order valence-corrected chi connectivity index (χ2v) is 2.86. The molecule has 50 valence electrons. The molecule has 0 amide bonds. The maximum atomic E-state index is 9.79. The Kier molecular flexibility index (Phi) is 6.70. The van der Waals surface area contributed by atoms with Gasteiger partial charge in [-0.3, -0.25) is 4.55 Å². The van der Waals surface area contributed by atoms with Crippen molar-refractivity contribution in [2.75, 3.05) is 5.75 Å². The molecule has 0 atom stereocenters. The molecule has 0 heterocycles. The summed E-state index contributed by atoms with van der Waals surface area (Å²) in [5, 5.41) is 0. The first-order valence-corrected chi connectivity index (χ1v) is 3.62. The Hall–Kier alpha value is 0.780. The van der Waals surface area contributed by atoms with Crippen LogP contribution in [0.3, 0.4) is 0 Å². The molecule has 0 radical (unpaired) electrons. The van der Waals surface area contributed by atoms with Crippen LogP contribution in [-0.2, 0) is 10.1 Å². The van der Waals surface area contributed by atoms with E-state index in [4.69, 9.17) is 4.55 Å². The summed E-state index contributed by atoms with van der Waals surface area (Å²) in [6.07, 6.45) is 0.471. The summed E-state index contributed by atoms with van der Waals surface area (Å²) in [5.41, 5.74) is 0. The van der Waals surface area contributed by atoms with E-state index in [2.05, 4.69) is 0 Å². The molecule has 0 aliphatic rings. The van der Waals surface area contributed by atoms with Gasteiger partial charge in [-0.2, -0.15) is 8.42 Å². The van der Waals surface area contributed by atoms with Gasteiger partial charge in [-0.1, -0.05) is 6.92 Å². The Morgan fingerprint density at radius 2 is 1.88 bits per heavy atom. The molecular formula is C3H11InO3S. The third kappa shape index (κ3) is 9.91. The Bertz CT molecular complexity index is 127. The molecule has 5 heteroatoms. The molecule has 0 fully saturated rings. The SMILES string of the molecule is CCCS(=O)(=O)O.[InH3]. The van der Waals surface area contributed by atoms with Gasteiger partial charge in [0.15, 0.2) is 0 Å². The Morgan fingerprint density at radius 1 is 1.50 bits per heavy atom. The fourth-order valence-electron chi connectivity index (χ4n) is 0.258. The number of hydrogen-bond acceptors (Lipinski definition) is 2. The molecule has 0 unspecified atom stereocenters. The van der Waals surface area contributed by atoms with Gasteiger partial charge >= 0.3 is 25.8 Å². The third-order valence-corrected chi connectivity index (χ3v) is 1.39. The fourth-order valence-corrected chi connectivity index (χ4v) is 0.774. The van der Waals surface area contributed by atoms with Gasteiger partial charge in [-0.15, -0.1) is 0 Å². The van der Waals surface area contributed by atoms with Crippen molar-refractivity contribution >= 4 is 36.0 Å². The molecule has 0 bridgehead atoms. The van der Waals surface area contributed by atoms with Crippen molar-refractivity contribution in [1.29, 1.82) is 0 Å². The Balaban J connectivity index is 0. The second-order valence-electron chi connectivity index (χ2n) is 1.29. The first-order chi connectivity index (χ1) is 3.06. The van der Waals surface area contributed by atoms with Gasteiger partial charge in [0.05, 0.1) is 5.75 Å². The van der Waals surface area contributed by atoms with Crippen molar-refractivity contribution < 1.29 is 13.0 Å². The number of hydrogen-bond donors (Lipinski definition) is 1. The van der Waals surface area contributed by atoms with Gasteiger partial charge < -0.3 is 0 Å². The predicted molar refractivity (Wildman–Crippen MR) is 36.6 cm³/mol. The van der Waals surface area contributed by atoms with Crippen LogP contribution < -0.4 is 0 Å².